The Morgan fingerprint density at radius 3 is 2.41 bits per heavy atom. The van der Waals surface area contributed by atoms with Gasteiger partial charge in [0.05, 0.1) is 0 Å². The largest absolute Gasteiger partial charge is 0.490 e. The number of benzene rings is 2. The highest BCUT2D eigenvalue weighted by Gasteiger charge is 2.35. The molecular weight excluding hydrogens is 359 g/mol. The maximum absolute atomic E-state index is 13.3. The van der Waals surface area contributed by atoms with Gasteiger partial charge in [0.15, 0.2) is 5.11 Å². The van der Waals surface area contributed by atoms with E-state index >= 15 is 0 Å². The monoisotopic (exact) mass is 384 g/mol. The van der Waals surface area contributed by atoms with Gasteiger partial charge in [-0.15, -0.1) is 0 Å². The summed E-state index contributed by atoms with van der Waals surface area (Å²) < 4.78 is 18.8. The first-order valence-electron chi connectivity index (χ1n) is 9.26. The lowest BCUT2D eigenvalue weighted by Crippen LogP contribution is -2.40. The molecule has 3 rings (SSSR count). The van der Waals surface area contributed by atoms with Crippen molar-refractivity contribution in [3.63, 3.8) is 0 Å². The molecule has 0 unspecified atom stereocenters. The Kier molecular flexibility index (Phi) is 6.45. The highest BCUT2D eigenvalue weighted by molar-refractivity contribution is 7.80. The summed E-state index contributed by atoms with van der Waals surface area (Å²) in [6.07, 6.45) is 6.26. The third-order valence-corrected chi connectivity index (χ3v) is 5.33. The summed E-state index contributed by atoms with van der Waals surface area (Å²) in [6.45, 7) is 4.86. The molecule has 2 aromatic carbocycles. The van der Waals surface area contributed by atoms with Gasteiger partial charge in [-0.25, -0.2) is 4.39 Å². The lowest BCUT2D eigenvalue weighted by molar-refractivity contribution is 0.363. The minimum atomic E-state index is -0.197. The third-order valence-electron chi connectivity index (χ3n) is 5.08. The zero-order valence-electron chi connectivity index (χ0n) is 15.3. The Morgan fingerprint density at radius 1 is 1.11 bits per heavy atom. The summed E-state index contributed by atoms with van der Waals surface area (Å²) in [5, 5.41) is 7.16. The van der Waals surface area contributed by atoms with Gasteiger partial charge in [-0.3, -0.25) is 0 Å². The van der Waals surface area contributed by atoms with Crippen LogP contribution in [0.5, 0.6) is 5.75 Å². The van der Waals surface area contributed by atoms with Crippen molar-refractivity contribution in [2.24, 2.45) is 0 Å². The van der Waals surface area contributed by atoms with Crippen molar-refractivity contribution in [3.05, 3.63) is 72.6 Å². The van der Waals surface area contributed by atoms with E-state index in [2.05, 4.69) is 17.2 Å². The zero-order valence-corrected chi connectivity index (χ0v) is 16.2. The lowest BCUT2D eigenvalue weighted by atomic mass is 9.79. The van der Waals surface area contributed by atoms with Crippen LogP contribution in [-0.4, -0.2) is 18.3 Å². The molecule has 2 aromatic rings. The average molecular weight is 385 g/mol. The second-order valence-corrected chi connectivity index (χ2v) is 7.33. The van der Waals surface area contributed by atoms with E-state index in [9.17, 15) is 4.39 Å². The van der Waals surface area contributed by atoms with E-state index in [1.807, 2.05) is 36.4 Å². The number of thiocarbonyl (C=S) groups is 1. The quantitative estimate of drug-likeness (QED) is 0.508. The predicted molar refractivity (Wildman–Crippen MR) is 113 cm³/mol. The van der Waals surface area contributed by atoms with Crippen molar-refractivity contribution in [2.75, 3.05) is 18.5 Å². The molecule has 0 amide bonds. The highest BCUT2D eigenvalue weighted by atomic mass is 32.1. The molecule has 5 heteroatoms. The molecule has 1 aliphatic rings. The van der Waals surface area contributed by atoms with Crippen molar-refractivity contribution in [3.8, 4) is 5.75 Å². The van der Waals surface area contributed by atoms with Crippen LogP contribution in [0.2, 0.25) is 0 Å². The first-order valence-corrected chi connectivity index (χ1v) is 9.67. The molecule has 1 fully saturated rings. The average Bonchev–Trinajstić information content (AvgIpc) is 3.16. The number of anilines is 1. The molecule has 0 atom stereocenters. The fraction of sp³-hybridized carbons (Fsp3) is 0.318. The van der Waals surface area contributed by atoms with E-state index in [1.165, 1.54) is 18.4 Å². The Hall–Kier alpha value is -2.40. The number of nitrogens with one attached hydrogen (secondary N) is 2. The number of hydrogen-bond acceptors (Lipinski definition) is 2. The van der Waals surface area contributed by atoms with Gasteiger partial charge in [0, 0.05) is 17.6 Å². The Balaban J connectivity index is 1.58. The van der Waals surface area contributed by atoms with Gasteiger partial charge in [0.1, 0.15) is 18.2 Å². The highest BCUT2D eigenvalue weighted by Crippen LogP contribution is 2.40. The molecule has 142 valence electrons. The number of halogens is 1. The molecular formula is C22H25FN2OS. The SMILES string of the molecule is C=CCOc1ccc(NC(=S)NCC2(c3ccc(F)cc3)CCCC2)cc1. The Labute approximate surface area is 165 Å². The van der Waals surface area contributed by atoms with Crippen LogP contribution in [0.25, 0.3) is 0 Å². The van der Waals surface area contributed by atoms with Crippen molar-refractivity contribution in [1.82, 2.24) is 5.32 Å². The van der Waals surface area contributed by atoms with Crippen LogP contribution in [0.15, 0.2) is 61.2 Å². The standard InChI is InChI=1S/C22H25FN2OS/c1-2-15-26-20-11-9-19(10-12-20)25-21(27)24-16-22(13-3-4-14-22)17-5-7-18(23)8-6-17/h2,5-12H,1,3-4,13-16H2,(H2,24,25,27). The molecule has 0 heterocycles. The molecule has 27 heavy (non-hydrogen) atoms. The van der Waals surface area contributed by atoms with E-state index in [0.29, 0.717) is 11.7 Å². The van der Waals surface area contributed by atoms with Gasteiger partial charge in [0.2, 0.25) is 0 Å². The summed E-state index contributed by atoms with van der Waals surface area (Å²) in [5.74, 6) is 0.595. The summed E-state index contributed by atoms with van der Waals surface area (Å²) >= 11 is 5.47. The molecule has 3 nitrogen and oxygen atoms in total. The molecule has 0 aliphatic heterocycles. The van der Waals surface area contributed by atoms with Gasteiger partial charge in [-0.05, 0) is 67.0 Å². The van der Waals surface area contributed by atoms with Gasteiger partial charge in [-0.1, -0.05) is 37.6 Å². The predicted octanol–water partition coefficient (Wildman–Crippen LogP) is 5.19. The van der Waals surface area contributed by atoms with Crippen LogP contribution in [-0.2, 0) is 5.41 Å². The number of hydrogen-bond donors (Lipinski definition) is 2. The topological polar surface area (TPSA) is 33.3 Å². The Bertz CT molecular complexity index is 768. The fourth-order valence-corrected chi connectivity index (χ4v) is 3.83. The van der Waals surface area contributed by atoms with Gasteiger partial charge >= 0.3 is 0 Å². The minimum Gasteiger partial charge on any atom is -0.490 e. The Morgan fingerprint density at radius 2 is 1.78 bits per heavy atom. The molecule has 2 N–H and O–H groups in total. The van der Waals surface area contributed by atoms with Crippen molar-refractivity contribution >= 4 is 23.0 Å². The molecule has 0 bridgehead atoms. The maximum atomic E-state index is 13.3. The lowest BCUT2D eigenvalue weighted by Gasteiger charge is -2.30. The normalized spacial score (nSPS) is 15.1. The van der Waals surface area contributed by atoms with Gasteiger partial charge in [0.25, 0.3) is 0 Å². The van der Waals surface area contributed by atoms with Crippen LogP contribution in [0.3, 0.4) is 0 Å². The van der Waals surface area contributed by atoms with E-state index in [0.717, 1.165) is 30.8 Å². The van der Waals surface area contributed by atoms with Crippen LogP contribution in [0.1, 0.15) is 31.2 Å². The second-order valence-electron chi connectivity index (χ2n) is 6.93. The van der Waals surface area contributed by atoms with Crippen LogP contribution in [0.4, 0.5) is 10.1 Å². The van der Waals surface area contributed by atoms with Gasteiger partial charge < -0.3 is 15.4 Å². The van der Waals surface area contributed by atoms with Crippen LogP contribution >= 0.6 is 12.2 Å². The molecule has 0 radical (unpaired) electrons. The third kappa shape index (κ3) is 5.07. The zero-order chi connectivity index (χ0) is 19.1. The van der Waals surface area contributed by atoms with E-state index in [1.54, 1.807) is 18.2 Å². The van der Waals surface area contributed by atoms with Crippen molar-refractivity contribution < 1.29 is 9.13 Å². The molecule has 1 saturated carbocycles. The first-order chi connectivity index (χ1) is 13.1. The molecule has 0 aromatic heterocycles. The van der Waals surface area contributed by atoms with Crippen molar-refractivity contribution in [2.45, 2.75) is 31.1 Å². The number of ether oxygens (including phenoxy) is 1. The van der Waals surface area contributed by atoms with E-state index < -0.39 is 0 Å². The first kappa shape index (κ1) is 19.4. The molecule has 0 saturated heterocycles. The second kappa shape index (κ2) is 9.00. The van der Waals surface area contributed by atoms with Crippen molar-refractivity contribution in [1.29, 1.82) is 0 Å². The molecule has 1 aliphatic carbocycles. The summed E-state index contributed by atoms with van der Waals surface area (Å²) in [7, 11) is 0. The summed E-state index contributed by atoms with van der Waals surface area (Å²) in [6, 6.07) is 14.5. The smallest absolute Gasteiger partial charge is 0.170 e. The fourth-order valence-electron chi connectivity index (χ4n) is 3.64. The van der Waals surface area contributed by atoms with Gasteiger partial charge in [-0.2, -0.15) is 0 Å². The minimum absolute atomic E-state index is 0.0157. The van der Waals surface area contributed by atoms with Crippen LogP contribution in [0, 0.1) is 5.82 Å². The maximum Gasteiger partial charge on any atom is 0.170 e. The van der Waals surface area contributed by atoms with E-state index in [-0.39, 0.29) is 11.2 Å². The number of rotatable bonds is 7. The summed E-state index contributed by atoms with van der Waals surface area (Å²) in [4.78, 5) is 0. The van der Waals surface area contributed by atoms with Crippen LogP contribution < -0.4 is 15.4 Å². The summed E-state index contributed by atoms with van der Waals surface area (Å²) in [5.41, 5.74) is 2.10. The van der Waals surface area contributed by atoms with E-state index in [4.69, 9.17) is 17.0 Å². The molecule has 0 spiro atoms.